The van der Waals surface area contributed by atoms with Gasteiger partial charge in [-0.05, 0) is 53.2 Å². The summed E-state index contributed by atoms with van der Waals surface area (Å²) in [5.41, 5.74) is 0.504. The molecule has 12 heteroatoms. The molecule has 0 aliphatic rings. The molecule has 0 saturated heterocycles. The normalized spacial score (nSPS) is 12.3. The van der Waals surface area contributed by atoms with E-state index in [-0.39, 0.29) is 16.5 Å². The molecule has 0 fully saturated rings. The maximum atomic E-state index is 12.9. The second-order valence-electron chi connectivity index (χ2n) is 6.15. The molecule has 0 spiro atoms. The number of hydrogen-bond acceptors (Lipinski definition) is 6. The molecule has 0 bridgehead atoms. The van der Waals surface area contributed by atoms with Crippen LogP contribution < -0.4 is 14.8 Å². The van der Waals surface area contributed by atoms with Gasteiger partial charge >= 0.3 is 0 Å². The number of ether oxygens (including phenoxy) is 1. The van der Waals surface area contributed by atoms with Crippen molar-refractivity contribution in [2.45, 2.75) is 17.9 Å². The number of hydrogen-bond donors (Lipinski definition) is 2. The molecule has 2 N–H and O–H groups in total. The van der Waals surface area contributed by atoms with Crippen LogP contribution in [0.1, 0.15) is 13.0 Å². The summed E-state index contributed by atoms with van der Waals surface area (Å²) in [6.45, 7) is 1.66. The summed E-state index contributed by atoms with van der Waals surface area (Å²) in [4.78, 5) is 16.3. The SMILES string of the molecule is COc1ncc(NC(=O)C(C)n2cc(Br)cn2)cc1S(=O)(=O)Nc1ccc(Cl)cc1. The van der Waals surface area contributed by atoms with Crippen molar-refractivity contribution in [1.82, 2.24) is 14.8 Å². The molecule has 0 saturated carbocycles. The molecule has 2 heterocycles. The number of nitrogens with zero attached hydrogens (tertiary/aromatic N) is 3. The van der Waals surface area contributed by atoms with Crippen molar-refractivity contribution in [2.75, 3.05) is 17.1 Å². The molecular formula is C18H17BrClN5O4S. The molecule has 3 aromatic rings. The van der Waals surface area contributed by atoms with Crippen LogP contribution in [0.5, 0.6) is 5.88 Å². The molecule has 2 aromatic heterocycles. The van der Waals surface area contributed by atoms with Crippen molar-refractivity contribution < 1.29 is 17.9 Å². The standard InChI is InChI=1S/C18H17BrClN5O4S/c1-11(25-10-12(19)8-22-25)17(26)23-15-7-16(18(29-2)21-9-15)30(27,28)24-14-5-3-13(20)4-6-14/h3-11,24H,1-2H3,(H,23,26). The maximum Gasteiger partial charge on any atom is 0.267 e. The van der Waals surface area contributed by atoms with Gasteiger partial charge in [0, 0.05) is 16.9 Å². The van der Waals surface area contributed by atoms with Crippen LogP contribution in [0.4, 0.5) is 11.4 Å². The Balaban J connectivity index is 1.85. The van der Waals surface area contributed by atoms with Gasteiger partial charge in [0.15, 0.2) is 4.90 Å². The number of aromatic nitrogens is 3. The minimum atomic E-state index is -4.05. The van der Waals surface area contributed by atoms with E-state index < -0.39 is 22.0 Å². The predicted octanol–water partition coefficient (Wildman–Crippen LogP) is 3.70. The Morgan fingerprint density at radius 1 is 1.23 bits per heavy atom. The Morgan fingerprint density at radius 3 is 2.53 bits per heavy atom. The fourth-order valence-corrected chi connectivity index (χ4v) is 4.10. The summed E-state index contributed by atoms with van der Waals surface area (Å²) < 4.78 is 35.4. The number of rotatable bonds is 7. The average Bonchev–Trinajstić information content (AvgIpc) is 3.15. The Morgan fingerprint density at radius 2 is 1.93 bits per heavy atom. The quantitative estimate of drug-likeness (QED) is 0.497. The average molecular weight is 515 g/mol. The van der Waals surface area contributed by atoms with Crippen molar-refractivity contribution in [1.29, 1.82) is 0 Å². The minimum Gasteiger partial charge on any atom is -0.480 e. The number of amides is 1. The smallest absolute Gasteiger partial charge is 0.267 e. The first-order chi connectivity index (χ1) is 14.2. The molecule has 1 amide bonds. The molecule has 3 rings (SSSR count). The number of sulfonamides is 1. The molecule has 30 heavy (non-hydrogen) atoms. The third kappa shape index (κ3) is 5.10. The number of carbonyl (C=O) groups excluding carboxylic acids is 1. The molecule has 1 atom stereocenters. The van der Waals surface area contributed by atoms with Crippen LogP contribution in [0.15, 0.2) is 58.3 Å². The Bertz CT molecular complexity index is 1170. The highest BCUT2D eigenvalue weighted by atomic mass is 79.9. The first-order valence-corrected chi connectivity index (χ1v) is 11.2. The van der Waals surface area contributed by atoms with Crippen molar-refractivity contribution >= 4 is 54.8 Å². The molecule has 158 valence electrons. The Labute approximate surface area is 186 Å². The van der Waals surface area contributed by atoms with E-state index in [1.54, 1.807) is 31.5 Å². The number of pyridine rings is 1. The molecule has 1 aromatic carbocycles. The monoisotopic (exact) mass is 513 g/mol. The lowest BCUT2D eigenvalue weighted by Gasteiger charge is -2.15. The van der Waals surface area contributed by atoms with Gasteiger partial charge in [-0.3, -0.25) is 14.2 Å². The number of methoxy groups -OCH3 is 1. The van der Waals surface area contributed by atoms with Gasteiger partial charge < -0.3 is 10.1 Å². The van der Waals surface area contributed by atoms with Crippen molar-refractivity contribution in [3.63, 3.8) is 0 Å². The van der Waals surface area contributed by atoms with E-state index in [1.807, 2.05) is 0 Å². The first-order valence-electron chi connectivity index (χ1n) is 8.52. The fraction of sp³-hybridized carbons (Fsp3) is 0.167. The van der Waals surface area contributed by atoms with E-state index in [2.05, 4.69) is 36.1 Å². The maximum absolute atomic E-state index is 12.9. The van der Waals surface area contributed by atoms with E-state index in [1.165, 1.54) is 36.2 Å². The van der Waals surface area contributed by atoms with Gasteiger partial charge in [-0.15, -0.1) is 0 Å². The Kier molecular flexibility index (Phi) is 6.64. The van der Waals surface area contributed by atoms with E-state index in [9.17, 15) is 13.2 Å². The number of benzene rings is 1. The Hall–Kier alpha value is -2.63. The highest BCUT2D eigenvalue weighted by Crippen LogP contribution is 2.27. The highest BCUT2D eigenvalue weighted by molar-refractivity contribution is 9.10. The van der Waals surface area contributed by atoms with Gasteiger partial charge in [-0.1, -0.05) is 11.6 Å². The summed E-state index contributed by atoms with van der Waals surface area (Å²) >= 11 is 9.11. The van der Waals surface area contributed by atoms with Gasteiger partial charge in [0.1, 0.15) is 6.04 Å². The molecule has 0 radical (unpaired) electrons. The molecule has 9 nitrogen and oxygen atoms in total. The summed E-state index contributed by atoms with van der Waals surface area (Å²) in [6, 6.07) is 6.80. The lowest BCUT2D eigenvalue weighted by molar-refractivity contribution is -0.119. The lowest BCUT2D eigenvalue weighted by Crippen LogP contribution is -2.24. The largest absolute Gasteiger partial charge is 0.480 e. The molecular weight excluding hydrogens is 498 g/mol. The van der Waals surface area contributed by atoms with Gasteiger partial charge in [-0.25, -0.2) is 13.4 Å². The van der Waals surface area contributed by atoms with Gasteiger partial charge in [0.2, 0.25) is 11.8 Å². The van der Waals surface area contributed by atoms with E-state index in [0.717, 1.165) is 4.47 Å². The second kappa shape index (κ2) is 9.02. The zero-order valence-electron chi connectivity index (χ0n) is 15.8. The highest BCUT2D eigenvalue weighted by Gasteiger charge is 2.23. The summed E-state index contributed by atoms with van der Waals surface area (Å²) in [5, 5.41) is 7.19. The number of nitrogens with one attached hydrogen (secondary N) is 2. The van der Waals surface area contributed by atoms with Crippen LogP contribution in [0.25, 0.3) is 0 Å². The van der Waals surface area contributed by atoms with Crippen LogP contribution in [0.3, 0.4) is 0 Å². The number of anilines is 2. The van der Waals surface area contributed by atoms with Crippen molar-refractivity contribution in [3.8, 4) is 5.88 Å². The van der Waals surface area contributed by atoms with E-state index in [0.29, 0.717) is 10.7 Å². The third-order valence-corrected chi connectivity index (χ3v) is 6.05. The molecule has 0 aliphatic carbocycles. The lowest BCUT2D eigenvalue weighted by atomic mass is 10.3. The van der Waals surface area contributed by atoms with Crippen molar-refractivity contribution in [2.24, 2.45) is 0 Å². The van der Waals surface area contributed by atoms with E-state index >= 15 is 0 Å². The summed E-state index contributed by atoms with van der Waals surface area (Å²) in [6.07, 6.45) is 4.53. The molecule has 0 aliphatic heterocycles. The van der Waals surface area contributed by atoms with Crippen molar-refractivity contribution in [3.05, 3.63) is 58.4 Å². The van der Waals surface area contributed by atoms with Crippen LogP contribution in [-0.4, -0.2) is 36.2 Å². The minimum absolute atomic E-state index is 0.112. The first kappa shape index (κ1) is 22.1. The predicted molar refractivity (Wildman–Crippen MR) is 116 cm³/mol. The van der Waals surface area contributed by atoms with E-state index in [4.69, 9.17) is 16.3 Å². The van der Waals surface area contributed by atoms with Crippen LogP contribution >= 0.6 is 27.5 Å². The van der Waals surface area contributed by atoms with Gasteiger partial charge in [0.25, 0.3) is 10.0 Å². The van der Waals surface area contributed by atoms with Crippen LogP contribution in [-0.2, 0) is 14.8 Å². The fourth-order valence-electron chi connectivity index (χ4n) is 2.47. The number of carbonyl (C=O) groups is 1. The van der Waals surface area contributed by atoms with Gasteiger partial charge in [0.05, 0.1) is 29.7 Å². The zero-order chi connectivity index (χ0) is 21.9. The third-order valence-electron chi connectivity index (χ3n) is 4.01. The van der Waals surface area contributed by atoms with Gasteiger partial charge in [-0.2, -0.15) is 5.10 Å². The van der Waals surface area contributed by atoms with Crippen LogP contribution in [0, 0.1) is 0 Å². The molecule has 1 unspecified atom stereocenters. The topological polar surface area (TPSA) is 115 Å². The second-order valence-corrected chi connectivity index (χ2v) is 9.15. The zero-order valence-corrected chi connectivity index (χ0v) is 19.0. The summed E-state index contributed by atoms with van der Waals surface area (Å²) in [7, 11) is -2.75. The summed E-state index contributed by atoms with van der Waals surface area (Å²) in [5.74, 6) is -0.509. The number of halogens is 2. The van der Waals surface area contributed by atoms with Crippen LogP contribution in [0.2, 0.25) is 5.02 Å².